The van der Waals surface area contributed by atoms with Gasteiger partial charge in [-0.05, 0) is 49.4 Å². The van der Waals surface area contributed by atoms with Crippen LogP contribution in [0.1, 0.15) is 331 Å². The van der Waals surface area contributed by atoms with Crippen molar-refractivity contribution in [3.8, 4) is 0 Å². The Kier molecular flexibility index (Phi) is 56.6. The number of hydrogen-bond acceptors (Lipinski definition) is 15. The van der Waals surface area contributed by atoms with Crippen LogP contribution in [0, 0.1) is 23.7 Å². The molecule has 19 heteroatoms. The average molecular weight is 1280 g/mol. The SMILES string of the molecule is CCC(C)CCCCCCCCCCCCC(=O)O[C@H](COC(=O)CCCCCCCCCCC(C)C)COP(=O)(O)OCC(O)COP(=O)(O)OC[C@@H](COC(=O)CCCCCCCCCCCCC(C)C)OC(=O)CCCCCCCCC(C)C. The Labute approximate surface area is 530 Å². The molecule has 0 fully saturated rings. The van der Waals surface area contributed by atoms with Gasteiger partial charge in [-0.25, -0.2) is 9.13 Å². The van der Waals surface area contributed by atoms with E-state index in [2.05, 4.69) is 55.4 Å². The van der Waals surface area contributed by atoms with E-state index in [4.69, 9.17) is 37.0 Å². The molecule has 0 saturated carbocycles. The summed E-state index contributed by atoms with van der Waals surface area (Å²) in [5.41, 5.74) is 0. The summed E-state index contributed by atoms with van der Waals surface area (Å²) >= 11 is 0. The van der Waals surface area contributed by atoms with E-state index in [1.54, 1.807) is 0 Å². The number of rotatable bonds is 65. The first-order valence-corrected chi connectivity index (χ1v) is 38.2. The molecule has 0 radical (unpaired) electrons. The van der Waals surface area contributed by atoms with Crippen LogP contribution >= 0.6 is 15.6 Å². The molecule has 0 spiro atoms. The van der Waals surface area contributed by atoms with Crippen LogP contribution in [-0.2, 0) is 65.4 Å². The molecule has 0 heterocycles. The van der Waals surface area contributed by atoms with Crippen molar-refractivity contribution in [1.29, 1.82) is 0 Å². The summed E-state index contributed by atoms with van der Waals surface area (Å²) in [6.07, 6.45) is 39.0. The van der Waals surface area contributed by atoms with E-state index in [9.17, 15) is 43.2 Å². The fraction of sp³-hybridized carbons (Fsp3) is 0.941. The van der Waals surface area contributed by atoms with Gasteiger partial charge in [-0.15, -0.1) is 0 Å². The number of aliphatic hydroxyl groups excluding tert-OH is 1. The molecule has 0 aromatic rings. The van der Waals surface area contributed by atoms with Crippen LogP contribution < -0.4 is 0 Å². The lowest BCUT2D eigenvalue weighted by Crippen LogP contribution is -2.30. The van der Waals surface area contributed by atoms with Crippen LogP contribution in [0.15, 0.2) is 0 Å². The number of carbonyl (C=O) groups excluding carboxylic acids is 4. The molecule has 87 heavy (non-hydrogen) atoms. The second-order valence-electron chi connectivity index (χ2n) is 26.2. The summed E-state index contributed by atoms with van der Waals surface area (Å²) in [6, 6.07) is 0. The second kappa shape index (κ2) is 57.9. The van der Waals surface area contributed by atoms with Crippen LogP contribution in [-0.4, -0.2) is 96.7 Å². The van der Waals surface area contributed by atoms with E-state index in [0.29, 0.717) is 31.6 Å². The predicted molar refractivity (Wildman–Crippen MR) is 349 cm³/mol. The van der Waals surface area contributed by atoms with Crippen molar-refractivity contribution >= 4 is 39.5 Å². The molecule has 4 unspecified atom stereocenters. The fourth-order valence-corrected chi connectivity index (χ4v) is 11.7. The molecule has 0 rings (SSSR count). The van der Waals surface area contributed by atoms with Crippen LogP contribution in [0.2, 0.25) is 0 Å². The van der Waals surface area contributed by atoms with E-state index in [-0.39, 0.29) is 25.7 Å². The van der Waals surface area contributed by atoms with Gasteiger partial charge in [0, 0.05) is 25.7 Å². The first-order chi connectivity index (χ1) is 41.6. The molecule has 0 amide bonds. The maximum absolute atomic E-state index is 13.0. The molecule has 516 valence electrons. The number of unbranched alkanes of at least 4 members (excludes halogenated alkanes) is 30. The molecular formula is C68H132O17P2. The molecule has 0 bridgehead atoms. The maximum Gasteiger partial charge on any atom is 0.472 e. The number of carbonyl (C=O) groups is 4. The van der Waals surface area contributed by atoms with Crippen LogP contribution in [0.4, 0.5) is 0 Å². The lowest BCUT2D eigenvalue weighted by molar-refractivity contribution is -0.161. The summed E-state index contributed by atoms with van der Waals surface area (Å²) in [7, 11) is -9.90. The number of ether oxygens (including phenoxy) is 4. The number of hydrogen-bond donors (Lipinski definition) is 3. The van der Waals surface area contributed by atoms with Crippen molar-refractivity contribution in [2.75, 3.05) is 39.6 Å². The highest BCUT2D eigenvalue weighted by atomic mass is 31.2. The summed E-state index contributed by atoms with van der Waals surface area (Å²) in [4.78, 5) is 72.4. The third kappa shape index (κ3) is 61.3. The molecular weight excluding hydrogens is 1150 g/mol. The van der Waals surface area contributed by atoms with Crippen molar-refractivity contribution in [3.05, 3.63) is 0 Å². The normalized spacial score (nSPS) is 14.6. The van der Waals surface area contributed by atoms with Gasteiger partial charge in [0.05, 0.1) is 26.4 Å². The molecule has 0 aliphatic carbocycles. The van der Waals surface area contributed by atoms with Gasteiger partial charge in [0.15, 0.2) is 12.2 Å². The largest absolute Gasteiger partial charge is 0.472 e. The minimum Gasteiger partial charge on any atom is -0.462 e. The summed E-state index contributed by atoms with van der Waals surface area (Å²) < 4.78 is 68.2. The Balaban J connectivity index is 5.24. The number of esters is 4. The standard InChI is InChI=1S/C68H132O17P2/c1-9-61(8)47-39-31-22-15-11-13-17-25-34-42-50-67(72)84-63(54-79-66(71)49-41-33-24-19-18-21-29-37-45-59(4)5)56-82-86(74,75)80-52-62(69)53-81-87(76,77)83-57-64(85-68(73)51-43-35-27-26-30-38-46-60(6)7)55-78-65(70)48-40-32-23-16-12-10-14-20-28-36-44-58(2)3/h58-64,69H,9-57H2,1-8H3,(H,74,75)(H,76,77)/t61?,62?,63-,64-/m1/s1. The molecule has 0 saturated heterocycles. The fourth-order valence-electron chi connectivity index (χ4n) is 10.1. The van der Waals surface area contributed by atoms with Crippen LogP contribution in [0.3, 0.4) is 0 Å². The van der Waals surface area contributed by atoms with E-state index >= 15 is 0 Å². The minimum atomic E-state index is -4.95. The van der Waals surface area contributed by atoms with Crippen molar-refractivity contribution < 1.29 is 80.2 Å². The van der Waals surface area contributed by atoms with E-state index < -0.39 is 97.5 Å². The van der Waals surface area contributed by atoms with Gasteiger partial charge in [-0.2, -0.15) is 0 Å². The highest BCUT2D eigenvalue weighted by Gasteiger charge is 2.30. The molecule has 6 atom stereocenters. The van der Waals surface area contributed by atoms with Gasteiger partial charge in [-0.3, -0.25) is 37.3 Å². The Hall–Kier alpha value is -1.94. The summed E-state index contributed by atoms with van der Waals surface area (Å²) in [5, 5.41) is 10.6. The third-order valence-electron chi connectivity index (χ3n) is 15.9. The molecule has 0 aromatic heterocycles. The lowest BCUT2D eigenvalue weighted by Gasteiger charge is -2.21. The molecule has 17 nitrogen and oxygen atoms in total. The molecule has 0 aliphatic heterocycles. The van der Waals surface area contributed by atoms with Gasteiger partial charge in [-0.1, -0.05) is 280 Å². The number of phosphoric ester groups is 2. The zero-order chi connectivity index (χ0) is 64.7. The Bertz CT molecular complexity index is 1730. The first-order valence-electron chi connectivity index (χ1n) is 35.2. The van der Waals surface area contributed by atoms with Crippen molar-refractivity contribution in [2.24, 2.45) is 23.7 Å². The second-order valence-corrected chi connectivity index (χ2v) is 29.1. The quantitative estimate of drug-likeness (QED) is 0.0222. The number of phosphoric acid groups is 2. The smallest absolute Gasteiger partial charge is 0.462 e. The average Bonchev–Trinajstić information content (AvgIpc) is 3.68. The van der Waals surface area contributed by atoms with Gasteiger partial charge in [0.25, 0.3) is 0 Å². The van der Waals surface area contributed by atoms with Gasteiger partial charge in [0.2, 0.25) is 0 Å². The maximum atomic E-state index is 13.0. The Morgan fingerprint density at radius 1 is 0.322 bits per heavy atom. The zero-order valence-electron chi connectivity index (χ0n) is 56.6. The van der Waals surface area contributed by atoms with Gasteiger partial charge < -0.3 is 33.8 Å². The lowest BCUT2D eigenvalue weighted by atomic mass is 9.99. The third-order valence-corrected chi connectivity index (χ3v) is 17.8. The molecule has 3 N–H and O–H groups in total. The zero-order valence-corrected chi connectivity index (χ0v) is 58.4. The van der Waals surface area contributed by atoms with Crippen molar-refractivity contribution in [1.82, 2.24) is 0 Å². The summed E-state index contributed by atoms with van der Waals surface area (Å²) in [6.45, 7) is 14.0. The Morgan fingerprint density at radius 3 is 0.816 bits per heavy atom. The van der Waals surface area contributed by atoms with Gasteiger partial charge in [0.1, 0.15) is 19.3 Å². The highest BCUT2D eigenvalue weighted by molar-refractivity contribution is 7.47. The van der Waals surface area contributed by atoms with Gasteiger partial charge >= 0.3 is 39.5 Å². The van der Waals surface area contributed by atoms with E-state index in [1.807, 2.05) is 0 Å². The monoisotopic (exact) mass is 1280 g/mol. The minimum absolute atomic E-state index is 0.101. The number of aliphatic hydroxyl groups is 1. The van der Waals surface area contributed by atoms with Crippen LogP contribution in [0.25, 0.3) is 0 Å². The summed E-state index contributed by atoms with van der Waals surface area (Å²) in [5.74, 6) is 0.821. The molecule has 0 aromatic carbocycles. The van der Waals surface area contributed by atoms with Crippen LogP contribution in [0.5, 0.6) is 0 Å². The van der Waals surface area contributed by atoms with E-state index in [1.165, 1.54) is 135 Å². The van der Waals surface area contributed by atoms with E-state index in [0.717, 1.165) is 108 Å². The highest BCUT2D eigenvalue weighted by Crippen LogP contribution is 2.45. The molecule has 0 aliphatic rings. The predicted octanol–water partition coefficient (Wildman–Crippen LogP) is 18.9. The van der Waals surface area contributed by atoms with Crippen molar-refractivity contribution in [2.45, 2.75) is 350 Å². The Morgan fingerprint density at radius 2 is 0.552 bits per heavy atom. The van der Waals surface area contributed by atoms with Crippen molar-refractivity contribution in [3.63, 3.8) is 0 Å². The first kappa shape index (κ1) is 85.1. The topological polar surface area (TPSA) is 237 Å².